The van der Waals surface area contributed by atoms with E-state index in [-0.39, 0.29) is 5.69 Å². The van der Waals surface area contributed by atoms with E-state index in [1.807, 2.05) is 24.3 Å². The zero-order valence-electron chi connectivity index (χ0n) is 9.99. The van der Waals surface area contributed by atoms with Crippen LogP contribution in [0.15, 0.2) is 53.1 Å². The van der Waals surface area contributed by atoms with Crippen molar-refractivity contribution in [2.24, 2.45) is 0 Å². The minimum absolute atomic E-state index is 0.144. The van der Waals surface area contributed by atoms with Gasteiger partial charge in [-0.1, -0.05) is 18.2 Å². The zero-order valence-corrected chi connectivity index (χ0v) is 9.99. The summed E-state index contributed by atoms with van der Waals surface area (Å²) in [5.41, 5.74) is 1.82. The molecule has 0 saturated carbocycles. The Balaban J connectivity index is 1.84. The number of para-hydroxylation sites is 1. The number of rotatable bonds is 3. The van der Waals surface area contributed by atoms with E-state index in [2.05, 4.69) is 5.32 Å². The first kappa shape index (κ1) is 11.7. The van der Waals surface area contributed by atoms with Gasteiger partial charge in [-0.2, -0.15) is 0 Å². The Hall–Kier alpha value is -2.36. The predicted octanol–water partition coefficient (Wildman–Crippen LogP) is 4.32. The summed E-state index contributed by atoms with van der Waals surface area (Å²) in [7, 11) is 0. The van der Waals surface area contributed by atoms with Crippen LogP contribution in [0.25, 0.3) is 11.0 Å². The highest BCUT2D eigenvalue weighted by Gasteiger charge is 2.07. The molecule has 0 bridgehead atoms. The molecular formula is C15H11F2NO. The number of benzene rings is 2. The molecule has 0 amide bonds. The van der Waals surface area contributed by atoms with E-state index in [1.165, 1.54) is 0 Å². The van der Waals surface area contributed by atoms with E-state index in [9.17, 15) is 8.78 Å². The Kier molecular flexibility index (Phi) is 2.91. The number of halogens is 2. The lowest BCUT2D eigenvalue weighted by Gasteiger charge is -2.06. The van der Waals surface area contributed by atoms with Crippen molar-refractivity contribution in [1.82, 2.24) is 0 Å². The summed E-state index contributed by atoms with van der Waals surface area (Å²) in [5, 5.41) is 3.84. The highest BCUT2D eigenvalue weighted by Crippen LogP contribution is 2.22. The second-order valence-electron chi connectivity index (χ2n) is 4.23. The second kappa shape index (κ2) is 4.72. The van der Waals surface area contributed by atoms with Crippen molar-refractivity contribution in [3.8, 4) is 0 Å². The molecule has 0 aliphatic carbocycles. The van der Waals surface area contributed by atoms with Crippen LogP contribution in [-0.4, -0.2) is 0 Å². The van der Waals surface area contributed by atoms with Crippen LogP contribution in [0.2, 0.25) is 0 Å². The molecule has 3 rings (SSSR count). The maximum Gasteiger partial charge on any atom is 0.146 e. The number of nitrogens with one attached hydrogen (secondary N) is 1. The highest BCUT2D eigenvalue weighted by atomic mass is 19.1. The predicted molar refractivity (Wildman–Crippen MR) is 69.9 cm³/mol. The Labute approximate surface area is 108 Å². The molecule has 2 nitrogen and oxygen atoms in total. The van der Waals surface area contributed by atoms with Gasteiger partial charge in [0.2, 0.25) is 0 Å². The fourth-order valence-corrected chi connectivity index (χ4v) is 1.99. The fraction of sp³-hybridized carbons (Fsp3) is 0.0667. The Morgan fingerprint density at radius 2 is 1.89 bits per heavy atom. The molecule has 96 valence electrons. The van der Waals surface area contributed by atoms with E-state index in [0.29, 0.717) is 6.54 Å². The Bertz CT molecular complexity index is 721. The van der Waals surface area contributed by atoms with Gasteiger partial charge in [0.25, 0.3) is 0 Å². The summed E-state index contributed by atoms with van der Waals surface area (Å²) in [5.74, 6) is -0.949. The number of hydrogen-bond acceptors (Lipinski definition) is 2. The van der Waals surface area contributed by atoms with Crippen molar-refractivity contribution in [2.75, 3.05) is 5.32 Å². The Morgan fingerprint density at radius 1 is 1.05 bits per heavy atom. The van der Waals surface area contributed by atoms with Crippen molar-refractivity contribution >= 4 is 16.7 Å². The first-order valence-electron chi connectivity index (χ1n) is 5.88. The molecule has 0 atom stereocenters. The summed E-state index contributed by atoms with van der Waals surface area (Å²) in [4.78, 5) is 0. The van der Waals surface area contributed by atoms with Crippen LogP contribution in [0.4, 0.5) is 14.5 Å². The van der Waals surface area contributed by atoms with Gasteiger partial charge in [0, 0.05) is 17.5 Å². The van der Waals surface area contributed by atoms with Gasteiger partial charge in [0.1, 0.15) is 17.2 Å². The molecule has 0 radical (unpaired) electrons. The third-order valence-electron chi connectivity index (χ3n) is 2.96. The molecule has 4 heteroatoms. The lowest BCUT2D eigenvalue weighted by atomic mass is 10.2. The molecule has 2 aromatic carbocycles. The van der Waals surface area contributed by atoms with Gasteiger partial charge in [-0.25, -0.2) is 8.78 Å². The molecule has 0 unspecified atom stereocenters. The molecule has 1 N–H and O–H groups in total. The minimum atomic E-state index is -0.478. The van der Waals surface area contributed by atoms with E-state index in [1.54, 1.807) is 6.26 Å². The second-order valence-corrected chi connectivity index (χ2v) is 4.23. The van der Waals surface area contributed by atoms with Crippen LogP contribution in [0, 0.1) is 11.6 Å². The first-order valence-corrected chi connectivity index (χ1v) is 5.88. The smallest absolute Gasteiger partial charge is 0.146 e. The summed E-state index contributed by atoms with van der Waals surface area (Å²) in [6, 6.07) is 10.9. The SMILES string of the molecule is Fc1ccc(F)c(NCc2coc3ccccc23)c1. The molecule has 0 aliphatic rings. The van der Waals surface area contributed by atoms with Crippen molar-refractivity contribution in [2.45, 2.75) is 6.54 Å². The van der Waals surface area contributed by atoms with Crippen molar-refractivity contribution in [1.29, 1.82) is 0 Å². The molecule has 3 aromatic rings. The van der Waals surface area contributed by atoms with Crippen molar-refractivity contribution < 1.29 is 13.2 Å². The average molecular weight is 259 g/mol. The number of anilines is 1. The van der Waals surface area contributed by atoms with Gasteiger partial charge in [0.05, 0.1) is 12.0 Å². The molecule has 0 fully saturated rings. The van der Waals surface area contributed by atoms with E-state index < -0.39 is 11.6 Å². The topological polar surface area (TPSA) is 25.2 Å². The number of hydrogen-bond donors (Lipinski definition) is 1. The van der Waals surface area contributed by atoms with E-state index >= 15 is 0 Å². The normalized spacial score (nSPS) is 10.8. The van der Waals surface area contributed by atoms with E-state index in [4.69, 9.17) is 4.42 Å². The molecule has 0 aliphatic heterocycles. The molecule has 0 saturated heterocycles. The van der Waals surface area contributed by atoms with Crippen LogP contribution in [0.1, 0.15) is 5.56 Å². The zero-order chi connectivity index (χ0) is 13.2. The summed E-state index contributed by atoms with van der Waals surface area (Å²) < 4.78 is 31.9. The molecule has 0 spiro atoms. The van der Waals surface area contributed by atoms with Gasteiger partial charge >= 0.3 is 0 Å². The van der Waals surface area contributed by atoms with Crippen LogP contribution >= 0.6 is 0 Å². The Morgan fingerprint density at radius 3 is 2.79 bits per heavy atom. The maximum atomic E-state index is 13.5. The number of fused-ring (bicyclic) bond motifs is 1. The molecule has 19 heavy (non-hydrogen) atoms. The standard InChI is InChI=1S/C15H11F2NO/c16-11-5-6-13(17)14(7-11)18-8-10-9-19-15-4-2-1-3-12(10)15/h1-7,9,18H,8H2. The lowest BCUT2D eigenvalue weighted by molar-refractivity contribution is 0.601. The van der Waals surface area contributed by atoms with Crippen LogP contribution < -0.4 is 5.32 Å². The van der Waals surface area contributed by atoms with E-state index in [0.717, 1.165) is 34.7 Å². The fourth-order valence-electron chi connectivity index (χ4n) is 1.99. The lowest BCUT2D eigenvalue weighted by Crippen LogP contribution is -2.01. The summed E-state index contributed by atoms with van der Waals surface area (Å²) >= 11 is 0. The summed E-state index contributed by atoms with van der Waals surface area (Å²) in [6.07, 6.45) is 1.62. The van der Waals surface area contributed by atoms with Crippen molar-refractivity contribution in [3.05, 3.63) is 65.9 Å². The molecular weight excluding hydrogens is 248 g/mol. The monoisotopic (exact) mass is 259 g/mol. The van der Waals surface area contributed by atoms with Crippen LogP contribution in [0.5, 0.6) is 0 Å². The minimum Gasteiger partial charge on any atom is -0.464 e. The van der Waals surface area contributed by atoms with Gasteiger partial charge < -0.3 is 9.73 Å². The van der Waals surface area contributed by atoms with Gasteiger partial charge in [-0.05, 0) is 24.3 Å². The average Bonchev–Trinajstić information content (AvgIpc) is 2.83. The van der Waals surface area contributed by atoms with Gasteiger partial charge in [-0.3, -0.25) is 0 Å². The quantitative estimate of drug-likeness (QED) is 0.757. The molecule has 1 aromatic heterocycles. The first-order chi connectivity index (χ1) is 9.24. The van der Waals surface area contributed by atoms with Gasteiger partial charge in [0.15, 0.2) is 0 Å². The largest absolute Gasteiger partial charge is 0.464 e. The van der Waals surface area contributed by atoms with Crippen LogP contribution in [0.3, 0.4) is 0 Å². The molecule has 1 heterocycles. The van der Waals surface area contributed by atoms with Gasteiger partial charge in [-0.15, -0.1) is 0 Å². The van der Waals surface area contributed by atoms with Crippen LogP contribution in [-0.2, 0) is 6.54 Å². The summed E-state index contributed by atoms with van der Waals surface area (Å²) in [6.45, 7) is 0.372. The highest BCUT2D eigenvalue weighted by molar-refractivity contribution is 5.81. The number of furan rings is 1. The third-order valence-corrected chi connectivity index (χ3v) is 2.96. The van der Waals surface area contributed by atoms with Crippen molar-refractivity contribution in [3.63, 3.8) is 0 Å². The maximum absolute atomic E-state index is 13.5. The third kappa shape index (κ3) is 2.29.